The second-order valence-electron chi connectivity index (χ2n) is 9.12. The number of halogens is 3. The number of nitrogens with one attached hydrogen (secondary N) is 1. The third-order valence-corrected chi connectivity index (χ3v) is 7.57. The molecule has 0 atom stereocenters. The van der Waals surface area contributed by atoms with E-state index in [2.05, 4.69) is 44.5 Å². The van der Waals surface area contributed by atoms with Gasteiger partial charge in [-0.2, -0.15) is 18.4 Å². The van der Waals surface area contributed by atoms with Gasteiger partial charge in [-0.15, -0.1) is 11.3 Å². The third-order valence-electron chi connectivity index (χ3n) is 6.52. The summed E-state index contributed by atoms with van der Waals surface area (Å²) in [5.41, 5.74) is 8.54. The van der Waals surface area contributed by atoms with E-state index >= 15 is 0 Å². The molecule has 3 N–H and O–H groups in total. The minimum Gasteiger partial charge on any atom is -0.367 e. The number of benzene rings is 1. The van der Waals surface area contributed by atoms with Gasteiger partial charge < -0.3 is 15.6 Å². The van der Waals surface area contributed by atoms with Crippen molar-refractivity contribution in [3.05, 3.63) is 52.8 Å². The fourth-order valence-corrected chi connectivity index (χ4v) is 5.90. The molecule has 1 aromatic carbocycles. The Morgan fingerprint density at radius 3 is 2.69 bits per heavy atom. The highest BCUT2D eigenvalue weighted by Gasteiger charge is 2.29. The van der Waals surface area contributed by atoms with Crippen LogP contribution < -0.4 is 11.1 Å². The average molecular weight is 514 g/mol. The van der Waals surface area contributed by atoms with Crippen LogP contribution in [0.5, 0.6) is 0 Å². The normalized spacial score (nSPS) is 15.5. The Morgan fingerprint density at radius 2 is 1.97 bits per heavy atom. The van der Waals surface area contributed by atoms with Crippen LogP contribution in [-0.4, -0.2) is 51.3 Å². The summed E-state index contributed by atoms with van der Waals surface area (Å²) in [5.74, 6) is 0.601. The van der Waals surface area contributed by atoms with E-state index in [1.807, 2.05) is 10.6 Å². The molecule has 1 aliphatic rings. The molecule has 0 aliphatic carbocycles. The third kappa shape index (κ3) is 5.31. The number of fused-ring (bicyclic) bond motifs is 2. The van der Waals surface area contributed by atoms with Gasteiger partial charge in [0, 0.05) is 54.5 Å². The highest BCUT2D eigenvalue weighted by Crippen LogP contribution is 2.33. The zero-order valence-corrected chi connectivity index (χ0v) is 20.4. The second kappa shape index (κ2) is 10.0. The summed E-state index contributed by atoms with van der Waals surface area (Å²) in [7, 11) is 0. The van der Waals surface area contributed by atoms with E-state index < -0.39 is 12.6 Å². The van der Waals surface area contributed by atoms with Crippen molar-refractivity contribution in [3.63, 3.8) is 0 Å². The van der Waals surface area contributed by atoms with Crippen LogP contribution in [0.2, 0.25) is 0 Å². The molecule has 0 spiro atoms. The van der Waals surface area contributed by atoms with Crippen LogP contribution in [0.25, 0.3) is 21.1 Å². The lowest BCUT2D eigenvalue weighted by Crippen LogP contribution is -2.38. The molecular weight excluding hydrogens is 487 g/mol. The Morgan fingerprint density at radius 1 is 1.17 bits per heavy atom. The van der Waals surface area contributed by atoms with Gasteiger partial charge in [-0.05, 0) is 42.7 Å². The lowest BCUT2D eigenvalue weighted by Gasteiger charge is -2.32. The maximum atomic E-state index is 12.8. The van der Waals surface area contributed by atoms with E-state index in [9.17, 15) is 18.4 Å². The van der Waals surface area contributed by atoms with E-state index in [-0.39, 0.29) is 10.9 Å². The van der Waals surface area contributed by atoms with Gasteiger partial charge in [0.25, 0.3) is 0 Å². The summed E-state index contributed by atoms with van der Waals surface area (Å²) in [6.07, 6.45) is -1.99. The molecule has 0 saturated carbocycles. The number of hydrogen-bond acceptors (Lipinski definition) is 7. The van der Waals surface area contributed by atoms with Crippen LogP contribution in [0.3, 0.4) is 0 Å². The fraction of sp³-hybridized carbons (Fsp3) is 0.400. The lowest BCUT2D eigenvalue weighted by molar-refractivity contribution is -0.126. The maximum Gasteiger partial charge on any atom is 0.393 e. The molecule has 5 rings (SSSR count). The quantitative estimate of drug-likeness (QED) is 0.373. The van der Waals surface area contributed by atoms with Gasteiger partial charge in [-0.1, -0.05) is 6.07 Å². The SMILES string of the molecule is N#Cc1cc2cc(CN3CCC(Nc4ncnc5sc(CC(F)(F)F)cc45)CC3)ccc2n1CCN. The Balaban J connectivity index is 1.21. The van der Waals surface area contributed by atoms with Crippen molar-refractivity contribution < 1.29 is 13.2 Å². The molecule has 0 bridgehead atoms. The summed E-state index contributed by atoms with van der Waals surface area (Å²) in [5, 5.41) is 14.6. The largest absolute Gasteiger partial charge is 0.393 e. The number of nitrogens with zero attached hydrogens (tertiary/aromatic N) is 5. The maximum absolute atomic E-state index is 12.8. The predicted molar refractivity (Wildman–Crippen MR) is 135 cm³/mol. The number of aromatic nitrogens is 3. The molecule has 11 heteroatoms. The first-order valence-corrected chi connectivity index (χ1v) is 12.7. The highest BCUT2D eigenvalue weighted by atomic mass is 32.1. The molecular formula is C25H26F3N7S. The molecule has 7 nitrogen and oxygen atoms in total. The second-order valence-corrected chi connectivity index (χ2v) is 10.2. The topological polar surface area (TPSA) is 95.8 Å². The van der Waals surface area contributed by atoms with Crippen molar-refractivity contribution in [1.82, 2.24) is 19.4 Å². The summed E-state index contributed by atoms with van der Waals surface area (Å²) in [6.45, 7) is 3.69. The lowest BCUT2D eigenvalue weighted by atomic mass is 10.0. The van der Waals surface area contributed by atoms with E-state index in [1.54, 1.807) is 6.07 Å². The number of anilines is 1. The predicted octanol–water partition coefficient (Wildman–Crippen LogP) is 4.66. The number of piperidine rings is 1. The number of thiophene rings is 1. The number of hydrogen-bond donors (Lipinski definition) is 2. The molecule has 4 heterocycles. The molecule has 1 saturated heterocycles. The molecule has 36 heavy (non-hydrogen) atoms. The minimum atomic E-state index is -4.24. The van der Waals surface area contributed by atoms with Gasteiger partial charge in [0.2, 0.25) is 0 Å². The summed E-state index contributed by atoms with van der Waals surface area (Å²) in [4.78, 5) is 11.7. The number of nitriles is 1. The smallest absolute Gasteiger partial charge is 0.367 e. The number of likely N-dealkylation sites (tertiary alicyclic amines) is 1. The van der Waals surface area contributed by atoms with Crippen molar-refractivity contribution in [2.75, 3.05) is 25.0 Å². The molecule has 188 valence electrons. The van der Waals surface area contributed by atoms with Gasteiger partial charge in [-0.25, -0.2) is 9.97 Å². The van der Waals surface area contributed by atoms with Crippen molar-refractivity contribution in [3.8, 4) is 6.07 Å². The van der Waals surface area contributed by atoms with Crippen molar-refractivity contribution in [2.45, 2.75) is 44.6 Å². The van der Waals surface area contributed by atoms with Crippen molar-refractivity contribution in [2.24, 2.45) is 5.73 Å². The van der Waals surface area contributed by atoms with Gasteiger partial charge >= 0.3 is 6.18 Å². The van der Waals surface area contributed by atoms with Gasteiger partial charge in [0.05, 0.1) is 11.8 Å². The first kappa shape index (κ1) is 24.5. The van der Waals surface area contributed by atoms with Crippen LogP contribution in [0.15, 0.2) is 36.7 Å². The van der Waals surface area contributed by atoms with Crippen molar-refractivity contribution in [1.29, 1.82) is 5.26 Å². The molecule has 0 amide bonds. The first-order chi connectivity index (χ1) is 17.3. The fourth-order valence-electron chi connectivity index (χ4n) is 4.87. The Kier molecular flexibility index (Phi) is 6.83. The zero-order chi connectivity index (χ0) is 25.3. The monoisotopic (exact) mass is 513 g/mol. The van der Waals surface area contributed by atoms with Crippen LogP contribution in [0.1, 0.15) is 29.0 Å². The number of nitrogens with two attached hydrogens (primary N) is 1. The van der Waals surface area contributed by atoms with Gasteiger partial charge in [0.15, 0.2) is 0 Å². The van der Waals surface area contributed by atoms with E-state index in [0.29, 0.717) is 34.8 Å². The summed E-state index contributed by atoms with van der Waals surface area (Å²) in [6, 6.07) is 12.2. The Labute approximate surface area is 210 Å². The number of rotatable bonds is 7. The Hall–Kier alpha value is -3.20. The van der Waals surface area contributed by atoms with Crippen LogP contribution in [-0.2, 0) is 19.5 Å². The van der Waals surface area contributed by atoms with Crippen LogP contribution >= 0.6 is 11.3 Å². The van der Waals surface area contributed by atoms with E-state index in [0.717, 1.165) is 54.7 Å². The molecule has 1 aliphatic heterocycles. The highest BCUT2D eigenvalue weighted by molar-refractivity contribution is 7.18. The number of alkyl halides is 3. The zero-order valence-electron chi connectivity index (χ0n) is 19.6. The molecule has 1 fully saturated rings. The van der Waals surface area contributed by atoms with E-state index in [1.165, 1.54) is 11.9 Å². The van der Waals surface area contributed by atoms with Gasteiger partial charge in [0.1, 0.15) is 28.7 Å². The molecule has 4 aromatic rings. The van der Waals surface area contributed by atoms with Gasteiger partial charge in [-0.3, -0.25) is 4.90 Å². The van der Waals surface area contributed by atoms with Crippen LogP contribution in [0, 0.1) is 11.3 Å². The van der Waals surface area contributed by atoms with Crippen LogP contribution in [0.4, 0.5) is 19.0 Å². The standard InChI is InChI=1S/C25H26F3N7S/c26-25(27,28)12-20-11-21-23(31-15-32-24(21)36-20)33-18-3-6-34(7-4-18)14-16-1-2-22-17(9-16)10-19(13-30)35(22)8-5-29/h1-2,9-11,15,18H,3-8,12,14,29H2,(H,31,32,33). The van der Waals surface area contributed by atoms with E-state index in [4.69, 9.17) is 5.73 Å². The summed E-state index contributed by atoms with van der Waals surface area (Å²) < 4.78 is 40.4. The molecule has 0 unspecified atom stereocenters. The minimum absolute atomic E-state index is 0.191. The molecule has 0 radical (unpaired) electrons. The average Bonchev–Trinajstić information content (AvgIpc) is 3.40. The summed E-state index contributed by atoms with van der Waals surface area (Å²) >= 11 is 1.06. The molecule has 3 aromatic heterocycles. The van der Waals surface area contributed by atoms with Crippen molar-refractivity contribution >= 4 is 38.3 Å². The first-order valence-electron chi connectivity index (χ1n) is 11.8. The Bertz CT molecular complexity index is 1410.